The molecule has 22 heavy (non-hydrogen) atoms. The summed E-state index contributed by atoms with van der Waals surface area (Å²) in [5.41, 5.74) is 3.26. The molecule has 0 aliphatic heterocycles. The monoisotopic (exact) mass is 329 g/mol. The van der Waals surface area contributed by atoms with E-state index in [4.69, 9.17) is 16.9 Å². The minimum absolute atomic E-state index is 0.459. The maximum absolute atomic E-state index is 8.98. The summed E-state index contributed by atoms with van der Waals surface area (Å²) in [5, 5.41) is 19.8. The predicted octanol–water partition coefficient (Wildman–Crippen LogP) is 3.68. The molecule has 1 aromatic carbocycles. The summed E-state index contributed by atoms with van der Waals surface area (Å²) < 4.78 is 1.76. The lowest BCUT2D eigenvalue weighted by Gasteiger charge is -2.05. The molecule has 0 atom stereocenters. The van der Waals surface area contributed by atoms with Crippen molar-refractivity contribution in [3.63, 3.8) is 0 Å². The standard InChI is InChI=1S/C15H12ClN5S/c1-21-8-11(6-19-21)15-20-13(9-22-15)7-18-12-2-3-14(16)10(4-12)5-17/h2-4,6,8-9,18H,7H2,1H3. The van der Waals surface area contributed by atoms with Gasteiger partial charge in [-0.3, -0.25) is 4.68 Å². The highest BCUT2D eigenvalue weighted by Crippen LogP contribution is 2.24. The lowest BCUT2D eigenvalue weighted by Crippen LogP contribution is -2.00. The minimum atomic E-state index is 0.459. The second kappa shape index (κ2) is 6.18. The SMILES string of the molecule is Cn1cc(-c2nc(CNc3ccc(Cl)c(C#N)c3)cs2)cn1. The maximum atomic E-state index is 8.98. The van der Waals surface area contributed by atoms with Gasteiger partial charge >= 0.3 is 0 Å². The molecule has 5 nitrogen and oxygen atoms in total. The van der Waals surface area contributed by atoms with Crippen LogP contribution in [-0.2, 0) is 13.6 Å². The van der Waals surface area contributed by atoms with Gasteiger partial charge < -0.3 is 5.32 Å². The molecule has 0 saturated carbocycles. The number of nitrogens with one attached hydrogen (secondary N) is 1. The van der Waals surface area contributed by atoms with Crippen LogP contribution in [0.15, 0.2) is 36.0 Å². The lowest BCUT2D eigenvalue weighted by atomic mass is 10.2. The van der Waals surface area contributed by atoms with Gasteiger partial charge in [-0.05, 0) is 18.2 Å². The molecule has 0 fully saturated rings. The van der Waals surface area contributed by atoms with Crippen molar-refractivity contribution in [3.8, 4) is 16.6 Å². The van der Waals surface area contributed by atoms with Crippen LogP contribution in [0.3, 0.4) is 0 Å². The molecule has 0 bridgehead atoms. The molecular weight excluding hydrogens is 318 g/mol. The number of benzene rings is 1. The van der Waals surface area contributed by atoms with Crippen LogP contribution >= 0.6 is 22.9 Å². The quantitative estimate of drug-likeness (QED) is 0.793. The average molecular weight is 330 g/mol. The molecule has 3 rings (SSSR count). The molecule has 0 amide bonds. The summed E-state index contributed by atoms with van der Waals surface area (Å²) in [6.45, 7) is 0.587. The van der Waals surface area contributed by atoms with Gasteiger partial charge in [-0.15, -0.1) is 11.3 Å². The van der Waals surface area contributed by atoms with Gasteiger partial charge in [0.25, 0.3) is 0 Å². The van der Waals surface area contributed by atoms with Crippen molar-refractivity contribution in [2.24, 2.45) is 7.05 Å². The summed E-state index contributed by atoms with van der Waals surface area (Å²) >= 11 is 7.50. The molecule has 2 aromatic heterocycles. The number of nitriles is 1. The van der Waals surface area contributed by atoms with E-state index in [0.717, 1.165) is 22.0 Å². The Labute approximate surface area is 136 Å². The Balaban J connectivity index is 1.70. The zero-order valence-corrected chi connectivity index (χ0v) is 13.3. The number of rotatable bonds is 4. The van der Waals surface area contributed by atoms with Crippen LogP contribution < -0.4 is 5.32 Å². The highest BCUT2D eigenvalue weighted by Gasteiger charge is 2.07. The average Bonchev–Trinajstić information content (AvgIpc) is 3.15. The van der Waals surface area contributed by atoms with Crippen molar-refractivity contribution < 1.29 is 0 Å². The Morgan fingerprint density at radius 1 is 1.45 bits per heavy atom. The van der Waals surface area contributed by atoms with E-state index in [-0.39, 0.29) is 0 Å². The molecule has 7 heteroatoms. The maximum Gasteiger partial charge on any atom is 0.126 e. The molecule has 0 spiro atoms. The first kappa shape index (κ1) is 14.6. The number of aromatic nitrogens is 3. The number of nitrogens with zero attached hydrogens (tertiary/aromatic N) is 4. The van der Waals surface area contributed by atoms with Crippen LogP contribution in [-0.4, -0.2) is 14.8 Å². The van der Waals surface area contributed by atoms with Crippen molar-refractivity contribution in [2.45, 2.75) is 6.54 Å². The Hall–Kier alpha value is -2.36. The fourth-order valence-electron chi connectivity index (χ4n) is 1.97. The Kier molecular flexibility index (Phi) is 4.09. The first-order valence-electron chi connectivity index (χ1n) is 6.52. The summed E-state index contributed by atoms with van der Waals surface area (Å²) in [6, 6.07) is 7.36. The summed E-state index contributed by atoms with van der Waals surface area (Å²) in [4.78, 5) is 4.58. The molecule has 1 N–H and O–H groups in total. The third-order valence-electron chi connectivity index (χ3n) is 3.06. The Morgan fingerprint density at radius 2 is 2.32 bits per heavy atom. The summed E-state index contributed by atoms with van der Waals surface area (Å²) in [7, 11) is 1.88. The molecule has 0 radical (unpaired) electrons. The number of halogens is 1. The highest BCUT2D eigenvalue weighted by molar-refractivity contribution is 7.13. The third-order valence-corrected chi connectivity index (χ3v) is 4.33. The normalized spacial score (nSPS) is 10.4. The molecule has 0 aliphatic rings. The first-order valence-corrected chi connectivity index (χ1v) is 7.78. The molecule has 0 aliphatic carbocycles. The molecule has 0 saturated heterocycles. The summed E-state index contributed by atoms with van der Waals surface area (Å²) in [6.07, 6.45) is 3.74. The van der Waals surface area contributed by atoms with Gasteiger partial charge in [0.05, 0.1) is 29.0 Å². The largest absolute Gasteiger partial charge is 0.379 e. The van der Waals surface area contributed by atoms with E-state index in [0.29, 0.717) is 17.1 Å². The van der Waals surface area contributed by atoms with Crippen LogP contribution in [0.4, 0.5) is 5.69 Å². The smallest absolute Gasteiger partial charge is 0.126 e. The van der Waals surface area contributed by atoms with E-state index < -0.39 is 0 Å². The number of hydrogen-bond acceptors (Lipinski definition) is 5. The minimum Gasteiger partial charge on any atom is -0.379 e. The van der Waals surface area contributed by atoms with Gasteiger partial charge in [0.2, 0.25) is 0 Å². The fraction of sp³-hybridized carbons (Fsp3) is 0.133. The molecule has 110 valence electrons. The second-order valence-corrected chi connectivity index (χ2v) is 5.97. The van der Waals surface area contributed by atoms with Gasteiger partial charge in [0.15, 0.2) is 0 Å². The van der Waals surface area contributed by atoms with Crippen molar-refractivity contribution in [1.29, 1.82) is 5.26 Å². The van der Waals surface area contributed by atoms with Gasteiger partial charge in [-0.1, -0.05) is 11.6 Å². The number of hydrogen-bond donors (Lipinski definition) is 1. The van der Waals surface area contributed by atoms with Crippen molar-refractivity contribution >= 4 is 28.6 Å². The van der Waals surface area contributed by atoms with Crippen LogP contribution in [0.5, 0.6) is 0 Å². The predicted molar refractivity (Wildman–Crippen MR) is 87.8 cm³/mol. The summed E-state index contributed by atoms with van der Waals surface area (Å²) in [5.74, 6) is 0. The second-order valence-electron chi connectivity index (χ2n) is 4.71. The first-order chi connectivity index (χ1) is 10.7. The van der Waals surface area contributed by atoms with E-state index >= 15 is 0 Å². The van der Waals surface area contributed by atoms with E-state index in [1.54, 1.807) is 34.3 Å². The van der Waals surface area contributed by atoms with Crippen LogP contribution in [0.2, 0.25) is 5.02 Å². The van der Waals surface area contributed by atoms with E-state index in [9.17, 15) is 0 Å². The number of thiazole rings is 1. The van der Waals surface area contributed by atoms with Crippen LogP contribution in [0.25, 0.3) is 10.6 Å². The topological polar surface area (TPSA) is 66.5 Å². The van der Waals surface area contributed by atoms with E-state index in [2.05, 4.69) is 21.5 Å². The van der Waals surface area contributed by atoms with E-state index in [1.165, 1.54) is 0 Å². The van der Waals surface area contributed by atoms with Gasteiger partial charge in [-0.2, -0.15) is 10.4 Å². The zero-order valence-electron chi connectivity index (χ0n) is 11.7. The Bertz CT molecular complexity index is 846. The van der Waals surface area contributed by atoms with Gasteiger partial charge in [-0.25, -0.2) is 4.98 Å². The van der Waals surface area contributed by atoms with Crippen molar-refractivity contribution in [1.82, 2.24) is 14.8 Å². The molecule has 2 heterocycles. The Morgan fingerprint density at radius 3 is 3.05 bits per heavy atom. The lowest BCUT2D eigenvalue weighted by molar-refractivity contribution is 0.768. The zero-order chi connectivity index (χ0) is 15.5. The number of anilines is 1. The van der Waals surface area contributed by atoms with Crippen molar-refractivity contribution in [2.75, 3.05) is 5.32 Å². The number of aryl methyl sites for hydroxylation is 1. The van der Waals surface area contributed by atoms with Crippen LogP contribution in [0, 0.1) is 11.3 Å². The highest BCUT2D eigenvalue weighted by atomic mass is 35.5. The van der Waals surface area contributed by atoms with E-state index in [1.807, 2.05) is 24.7 Å². The van der Waals surface area contributed by atoms with Crippen molar-refractivity contribution in [3.05, 3.63) is 52.3 Å². The van der Waals surface area contributed by atoms with Gasteiger partial charge in [0.1, 0.15) is 11.1 Å². The fourth-order valence-corrected chi connectivity index (χ4v) is 2.92. The molecule has 3 aromatic rings. The molecular formula is C15H12ClN5S. The molecule has 0 unspecified atom stereocenters. The van der Waals surface area contributed by atoms with Crippen LogP contribution in [0.1, 0.15) is 11.3 Å². The third kappa shape index (κ3) is 3.11. The van der Waals surface area contributed by atoms with Gasteiger partial charge in [0, 0.05) is 29.9 Å².